The molecule has 5 heteroatoms. The van der Waals surface area contributed by atoms with Crippen molar-refractivity contribution in [3.63, 3.8) is 0 Å². The van der Waals surface area contributed by atoms with Gasteiger partial charge in [0.25, 0.3) is 0 Å². The van der Waals surface area contributed by atoms with Crippen LogP contribution in [-0.2, 0) is 19.0 Å². The van der Waals surface area contributed by atoms with E-state index in [9.17, 15) is 4.79 Å². The van der Waals surface area contributed by atoms with Crippen molar-refractivity contribution in [3.8, 4) is 0 Å². The summed E-state index contributed by atoms with van der Waals surface area (Å²) in [5, 5.41) is 0. The Hall–Kier alpha value is -3.51. The number of carbonyl (C=O) groups excluding carboxylic acids is 1. The summed E-state index contributed by atoms with van der Waals surface area (Å²) in [6, 6.07) is 20.3. The van der Waals surface area contributed by atoms with Gasteiger partial charge in [0.1, 0.15) is 17.4 Å². The highest BCUT2D eigenvalue weighted by Gasteiger charge is 2.32. The van der Waals surface area contributed by atoms with Crippen LogP contribution in [0, 0.1) is 0 Å². The maximum absolute atomic E-state index is 11.8. The molecule has 2 aromatic carbocycles. The van der Waals surface area contributed by atoms with Crippen LogP contribution < -0.4 is 5.73 Å². The maximum atomic E-state index is 11.8. The molecule has 218 valence electrons. The lowest BCUT2D eigenvalue weighted by Gasteiger charge is -2.32. The minimum absolute atomic E-state index is 0.196. The van der Waals surface area contributed by atoms with Crippen LogP contribution in [0.1, 0.15) is 63.5 Å². The van der Waals surface area contributed by atoms with E-state index < -0.39 is 5.72 Å². The molecule has 2 aromatic rings. The quantitative estimate of drug-likeness (QED) is 0.184. The lowest BCUT2D eigenvalue weighted by molar-refractivity contribution is -0.146. The van der Waals surface area contributed by atoms with Crippen molar-refractivity contribution in [3.05, 3.63) is 119 Å². The molecule has 0 aliphatic heterocycles. The summed E-state index contributed by atoms with van der Waals surface area (Å²) in [5.74, 6) is -0.196. The molecule has 0 radical (unpaired) electrons. The molecule has 0 bridgehead atoms. The monoisotopic (exact) mass is 555 g/mol. The lowest BCUT2D eigenvalue weighted by Crippen LogP contribution is -2.44. The Labute approximate surface area is 246 Å². The maximum Gasteiger partial charge on any atom is 0.306 e. The molecule has 0 saturated carbocycles. The summed E-state index contributed by atoms with van der Waals surface area (Å²) in [5.41, 5.74) is 9.53. The van der Waals surface area contributed by atoms with Crippen LogP contribution in [0.3, 0.4) is 0 Å². The molecule has 0 amide bonds. The Morgan fingerprint density at radius 1 is 0.878 bits per heavy atom. The van der Waals surface area contributed by atoms with Crippen LogP contribution in [0.25, 0.3) is 12.2 Å². The lowest BCUT2D eigenvalue weighted by atomic mass is 9.90. The van der Waals surface area contributed by atoms with Gasteiger partial charge in [0.2, 0.25) is 0 Å². The number of carbonyl (C=O) groups is 1. The molecule has 2 aliphatic carbocycles. The van der Waals surface area contributed by atoms with Gasteiger partial charge in [0.05, 0.1) is 0 Å². The molecular weight excluding hydrogens is 510 g/mol. The molecule has 0 heterocycles. The smallest absolute Gasteiger partial charge is 0.306 e. The predicted molar refractivity (Wildman–Crippen MR) is 169 cm³/mol. The standard InChI is InChI=1S/C18H23NO3.C18H22O/c1-3-7-17(20)22-16-10-11-18(19,21-2)13-15(16)12-14-8-5-4-6-9-14;1-3-4-12-18(19-2)13-10-17(11-14-18)15-16-8-6-5-7-9-16/h4-6,8-12,16H,3,7,13,19H2,1-2H3;5-11,13-15H,3-4,12H2,1-2H3. The highest BCUT2D eigenvalue weighted by Crippen LogP contribution is 2.30. The molecule has 4 rings (SSSR count). The van der Waals surface area contributed by atoms with Gasteiger partial charge in [0.15, 0.2) is 0 Å². The summed E-state index contributed by atoms with van der Waals surface area (Å²) < 4.78 is 16.6. The first-order chi connectivity index (χ1) is 19.8. The molecule has 2 atom stereocenters. The van der Waals surface area contributed by atoms with Gasteiger partial charge in [-0.05, 0) is 65.5 Å². The molecule has 41 heavy (non-hydrogen) atoms. The largest absolute Gasteiger partial charge is 0.454 e. The fourth-order valence-corrected chi connectivity index (χ4v) is 4.69. The van der Waals surface area contributed by atoms with Crippen molar-refractivity contribution in [2.75, 3.05) is 14.2 Å². The second-order valence-corrected chi connectivity index (χ2v) is 10.5. The summed E-state index contributed by atoms with van der Waals surface area (Å²) in [6.45, 7) is 4.16. The van der Waals surface area contributed by atoms with E-state index in [0.29, 0.717) is 12.8 Å². The van der Waals surface area contributed by atoms with Crippen molar-refractivity contribution in [2.24, 2.45) is 5.73 Å². The molecule has 2 unspecified atom stereocenters. The second kappa shape index (κ2) is 16.1. The predicted octanol–water partition coefficient (Wildman–Crippen LogP) is 7.81. The van der Waals surface area contributed by atoms with Crippen molar-refractivity contribution in [2.45, 2.75) is 69.8 Å². The number of nitrogens with two attached hydrogens (primary N) is 1. The van der Waals surface area contributed by atoms with Gasteiger partial charge >= 0.3 is 5.97 Å². The number of methoxy groups -OCH3 is 2. The van der Waals surface area contributed by atoms with Crippen molar-refractivity contribution >= 4 is 18.1 Å². The van der Waals surface area contributed by atoms with Crippen LogP contribution in [0.2, 0.25) is 0 Å². The zero-order valence-electron chi connectivity index (χ0n) is 24.9. The third-order valence-electron chi connectivity index (χ3n) is 7.19. The number of rotatable bonds is 10. The molecule has 0 aromatic heterocycles. The Morgan fingerprint density at radius 3 is 2.02 bits per heavy atom. The highest BCUT2D eigenvalue weighted by molar-refractivity contribution is 5.70. The molecule has 0 saturated heterocycles. The third-order valence-corrected chi connectivity index (χ3v) is 7.19. The number of hydrogen-bond donors (Lipinski definition) is 1. The van der Waals surface area contributed by atoms with Crippen molar-refractivity contribution < 1.29 is 19.0 Å². The zero-order chi connectivity index (χ0) is 29.6. The summed E-state index contributed by atoms with van der Waals surface area (Å²) in [6.07, 6.45) is 21.1. The SMILES string of the molecule is CCCC(=O)OC1C=CC(N)(OC)CC1=Cc1ccccc1.CCCCC1(OC)C=CC(=Cc2ccccc2)C=C1. The van der Waals surface area contributed by atoms with Gasteiger partial charge in [-0.2, -0.15) is 0 Å². The Bertz CT molecular complexity index is 1230. The Kier molecular flexibility index (Phi) is 12.5. The van der Waals surface area contributed by atoms with Gasteiger partial charge in [-0.25, -0.2) is 0 Å². The van der Waals surface area contributed by atoms with Gasteiger partial charge in [-0.15, -0.1) is 0 Å². The average molecular weight is 556 g/mol. The van der Waals surface area contributed by atoms with E-state index in [4.69, 9.17) is 19.9 Å². The molecule has 0 fully saturated rings. The van der Waals surface area contributed by atoms with Gasteiger partial charge in [-0.1, -0.05) is 106 Å². The van der Waals surface area contributed by atoms with Gasteiger partial charge < -0.3 is 14.2 Å². The second-order valence-electron chi connectivity index (χ2n) is 10.5. The Morgan fingerprint density at radius 2 is 1.49 bits per heavy atom. The topological polar surface area (TPSA) is 70.8 Å². The number of unbranched alkanes of at least 4 members (excludes halogenated alkanes) is 1. The minimum Gasteiger partial charge on any atom is -0.454 e. The first kappa shape index (κ1) is 32.0. The zero-order valence-corrected chi connectivity index (χ0v) is 24.9. The number of esters is 1. The highest BCUT2D eigenvalue weighted by atomic mass is 16.5. The minimum atomic E-state index is -0.853. The fraction of sp³-hybridized carbons (Fsp3) is 0.361. The number of ether oxygens (including phenoxy) is 3. The molecule has 0 spiro atoms. The summed E-state index contributed by atoms with van der Waals surface area (Å²) in [7, 11) is 3.37. The van der Waals surface area contributed by atoms with Crippen molar-refractivity contribution in [1.82, 2.24) is 0 Å². The van der Waals surface area contributed by atoms with E-state index in [1.807, 2.05) is 49.4 Å². The first-order valence-corrected chi connectivity index (χ1v) is 14.5. The number of allylic oxidation sites excluding steroid dienone is 3. The van der Waals surface area contributed by atoms with E-state index in [0.717, 1.165) is 24.0 Å². The van der Waals surface area contributed by atoms with Crippen LogP contribution in [0.4, 0.5) is 0 Å². The van der Waals surface area contributed by atoms with Gasteiger partial charge in [0, 0.05) is 27.1 Å². The Balaban J connectivity index is 0.000000228. The molecule has 2 N–H and O–H groups in total. The van der Waals surface area contributed by atoms with Crippen LogP contribution in [-0.4, -0.2) is 37.6 Å². The average Bonchev–Trinajstić information content (AvgIpc) is 3.00. The number of benzene rings is 2. The summed E-state index contributed by atoms with van der Waals surface area (Å²) in [4.78, 5) is 11.8. The van der Waals surface area contributed by atoms with E-state index >= 15 is 0 Å². The normalized spacial score (nSPS) is 24.1. The summed E-state index contributed by atoms with van der Waals surface area (Å²) >= 11 is 0. The fourth-order valence-electron chi connectivity index (χ4n) is 4.69. The van der Waals surface area contributed by atoms with E-state index in [-0.39, 0.29) is 17.7 Å². The van der Waals surface area contributed by atoms with Crippen molar-refractivity contribution in [1.29, 1.82) is 0 Å². The van der Waals surface area contributed by atoms with Crippen LogP contribution in [0.15, 0.2) is 108 Å². The van der Waals surface area contributed by atoms with Crippen LogP contribution >= 0.6 is 0 Å². The molecule has 2 aliphatic rings. The third kappa shape index (κ3) is 10.1. The van der Waals surface area contributed by atoms with Gasteiger partial charge in [-0.3, -0.25) is 10.5 Å². The van der Waals surface area contributed by atoms with E-state index in [2.05, 4.69) is 61.6 Å². The molecular formula is C36H45NO4. The van der Waals surface area contributed by atoms with Crippen LogP contribution in [0.5, 0.6) is 0 Å². The number of hydrogen-bond acceptors (Lipinski definition) is 5. The van der Waals surface area contributed by atoms with E-state index in [1.165, 1.54) is 24.0 Å². The molecule has 5 nitrogen and oxygen atoms in total. The van der Waals surface area contributed by atoms with E-state index in [1.54, 1.807) is 26.4 Å². The first-order valence-electron chi connectivity index (χ1n) is 14.5.